The number of rotatable bonds is 4. The lowest BCUT2D eigenvalue weighted by molar-refractivity contribution is -0.119. The van der Waals surface area contributed by atoms with Gasteiger partial charge in [-0.15, -0.1) is 0 Å². The Morgan fingerprint density at radius 3 is 2.67 bits per heavy atom. The summed E-state index contributed by atoms with van der Waals surface area (Å²) >= 11 is 8.76. The molecule has 0 aliphatic carbocycles. The van der Waals surface area contributed by atoms with Gasteiger partial charge in [0.25, 0.3) is 5.91 Å². The Hall–Kier alpha value is -2.58. The summed E-state index contributed by atoms with van der Waals surface area (Å²) in [7, 11) is 0. The van der Waals surface area contributed by atoms with Gasteiger partial charge in [0.2, 0.25) is 0 Å². The second kappa shape index (κ2) is 7.98. The number of anilines is 1. The molecule has 0 spiro atoms. The number of carbonyl (C=O) groups is 2. The van der Waals surface area contributed by atoms with Crippen molar-refractivity contribution >= 4 is 56.0 Å². The molecule has 27 heavy (non-hydrogen) atoms. The zero-order chi connectivity index (χ0) is 19.6. The Morgan fingerprint density at radius 2 is 1.93 bits per heavy atom. The Bertz CT molecular complexity index is 1040. The van der Waals surface area contributed by atoms with E-state index >= 15 is 0 Å². The fraction of sp³-hybridized carbons (Fsp3) is 0.0556. The maximum atomic E-state index is 13.7. The lowest BCUT2D eigenvalue weighted by Gasteiger charge is -2.09. The molecule has 0 saturated carbocycles. The van der Waals surface area contributed by atoms with Crippen molar-refractivity contribution in [2.24, 2.45) is 0 Å². The first-order valence-electron chi connectivity index (χ1n) is 7.51. The van der Waals surface area contributed by atoms with Crippen molar-refractivity contribution < 1.29 is 23.1 Å². The third-order valence-corrected chi connectivity index (χ3v) is 4.33. The third-order valence-electron chi connectivity index (χ3n) is 3.50. The van der Waals surface area contributed by atoms with Gasteiger partial charge in [-0.3, -0.25) is 4.79 Å². The molecule has 0 fully saturated rings. The molecule has 1 aromatic heterocycles. The van der Waals surface area contributed by atoms with Crippen LogP contribution in [0.15, 0.2) is 46.9 Å². The number of aromatic nitrogens is 1. The molecular weight excluding hydrogens is 446 g/mol. The van der Waals surface area contributed by atoms with Crippen molar-refractivity contribution in [1.82, 2.24) is 4.98 Å². The Morgan fingerprint density at radius 1 is 1.15 bits per heavy atom. The number of nitrogens with zero attached hydrogens (tertiary/aromatic N) is 1. The van der Waals surface area contributed by atoms with Crippen molar-refractivity contribution in [3.63, 3.8) is 0 Å². The molecule has 0 atom stereocenters. The van der Waals surface area contributed by atoms with Gasteiger partial charge in [0.05, 0.1) is 16.8 Å². The van der Waals surface area contributed by atoms with Crippen LogP contribution < -0.4 is 5.32 Å². The maximum Gasteiger partial charge on any atom is 0.338 e. The Balaban J connectivity index is 1.65. The first-order chi connectivity index (χ1) is 12.8. The van der Waals surface area contributed by atoms with Gasteiger partial charge in [0.1, 0.15) is 11.0 Å². The summed E-state index contributed by atoms with van der Waals surface area (Å²) in [5.41, 5.74) is 0.577. The van der Waals surface area contributed by atoms with Gasteiger partial charge in [0, 0.05) is 15.9 Å². The minimum atomic E-state index is -0.956. The lowest BCUT2D eigenvalue weighted by Crippen LogP contribution is -2.21. The van der Waals surface area contributed by atoms with Crippen molar-refractivity contribution in [1.29, 1.82) is 0 Å². The zero-order valence-corrected chi connectivity index (χ0v) is 15.8. The van der Waals surface area contributed by atoms with Crippen molar-refractivity contribution in [2.75, 3.05) is 11.9 Å². The number of carbonyl (C=O) groups excluding carboxylic acids is 2. The van der Waals surface area contributed by atoms with Gasteiger partial charge in [-0.1, -0.05) is 11.6 Å². The van der Waals surface area contributed by atoms with Gasteiger partial charge in [-0.25, -0.2) is 18.6 Å². The topological polar surface area (TPSA) is 68.3 Å². The van der Waals surface area contributed by atoms with Crippen LogP contribution in [0.5, 0.6) is 0 Å². The molecule has 0 unspecified atom stereocenters. The molecule has 0 radical (unpaired) electrons. The summed E-state index contributed by atoms with van der Waals surface area (Å²) in [4.78, 5) is 28.1. The fourth-order valence-electron chi connectivity index (χ4n) is 2.28. The lowest BCUT2D eigenvalue weighted by atomic mass is 10.1. The molecule has 0 aliphatic heterocycles. The molecule has 0 aliphatic rings. The molecule has 3 aromatic rings. The molecule has 1 amide bonds. The predicted octanol–water partition coefficient (Wildman–Crippen LogP) is 4.72. The van der Waals surface area contributed by atoms with E-state index in [-0.39, 0.29) is 15.7 Å². The minimum absolute atomic E-state index is 0.0281. The Labute approximate surface area is 165 Å². The Kier molecular flexibility index (Phi) is 5.67. The first kappa shape index (κ1) is 19.2. The van der Waals surface area contributed by atoms with E-state index in [9.17, 15) is 18.4 Å². The molecule has 5 nitrogen and oxygen atoms in total. The van der Waals surface area contributed by atoms with Crippen LogP contribution in [0.4, 0.5) is 14.5 Å². The van der Waals surface area contributed by atoms with Crippen molar-refractivity contribution in [3.8, 4) is 0 Å². The molecule has 1 heterocycles. The molecule has 0 bridgehead atoms. The summed E-state index contributed by atoms with van der Waals surface area (Å²) < 4.78 is 31.7. The predicted molar refractivity (Wildman–Crippen MR) is 99.7 cm³/mol. The van der Waals surface area contributed by atoms with Crippen LogP contribution in [-0.4, -0.2) is 23.5 Å². The molecule has 9 heteroatoms. The van der Waals surface area contributed by atoms with Crippen LogP contribution in [-0.2, 0) is 9.53 Å². The highest BCUT2D eigenvalue weighted by molar-refractivity contribution is 9.10. The van der Waals surface area contributed by atoms with E-state index in [4.69, 9.17) is 16.3 Å². The number of fused-ring (bicyclic) bond motifs is 1. The van der Waals surface area contributed by atoms with E-state index in [2.05, 4.69) is 26.2 Å². The maximum absolute atomic E-state index is 13.7. The molecule has 1 N–H and O–H groups in total. The van der Waals surface area contributed by atoms with E-state index in [1.54, 1.807) is 24.3 Å². The zero-order valence-electron chi connectivity index (χ0n) is 13.4. The van der Waals surface area contributed by atoms with Crippen molar-refractivity contribution in [3.05, 3.63) is 69.3 Å². The highest BCUT2D eigenvalue weighted by Crippen LogP contribution is 2.26. The second-order valence-corrected chi connectivity index (χ2v) is 6.65. The highest BCUT2D eigenvalue weighted by atomic mass is 79.9. The van der Waals surface area contributed by atoms with E-state index in [0.717, 1.165) is 6.07 Å². The van der Waals surface area contributed by atoms with Crippen molar-refractivity contribution in [2.45, 2.75) is 0 Å². The number of hydrogen-bond acceptors (Lipinski definition) is 4. The van der Waals surface area contributed by atoms with E-state index in [1.807, 2.05) is 0 Å². The van der Waals surface area contributed by atoms with E-state index in [0.29, 0.717) is 22.1 Å². The molecular formula is C18H10BrClF2N2O3. The van der Waals surface area contributed by atoms with Crippen LogP contribution >= 0.6 is 27.5 Å². The number of nitrogens with one attached hydrogen (secondary N) is 1. The summed E-state index contributed by atoms with van der Waals surface area (Å²) in [5.74, 6) is -3.26. The number of halogens is 4. The smallest absolute Gasteiger partial charge is 0.338 e. The van der Waals surface area contributed by atoms with Crippen LogP contribution in [0, 0.1) is 11.6 Å². The molecule has 2 aromatic carbocycles. The van der Waals surface area contributed by atoms with Crippen LogP contribution in [0.25, 0.3) is 10.9 Å². The quantitative estimate of drug-likeness (QED) is 0.456. The molecule has 0 saturated heterocycles. The van der Waals surface area contributed by atoms with Gasteiger partial charge in [0.15, 0.2) is 12.4 Å². The van der Waals surface area contributed by atoms with Gasteiger partial charge in [-0.05, 0) is 52.3 Å². The van der Waals surface area contributed by atoms with Crippen LogP contribution in [0.1, 0.15) is 10.4 Å². The number of esters is 1. The monoisotopic (exact) mass is 454 g/mol. The third kappa shape index (κ3) is 4.58. The average molecular weight is 456 g/mol. The number of amides is 1. The summed E-state index contributed by atoms with van der Waals surface area (Å²) in [6.45, 7) is -0.640. The molecule has 3 rings (SSSR count). The van der Waals surface area contributed by atoms with Gasteiger partial charge in [-0.2, -0.15) is 0 Å². The minimum Gasteiger partial charge on any atom is -0.452 e. The van der Waals surface area contributed by atoms with Crippen LogP contribution in [0.3, 0.4) is 0 Å². The summed E-state index contributed by atoms with van der Waals surface area (Å²) in [6.07, 6.45) is 0. The number of hydrogen-bond donors (Lipinski definition) is 1. The second-order valence-electron chi connectivity index (χ2n) is 5.41. The first-order valence-corrected chi connectivity index (χ1v) is 8.68. The van der Waals surface area contributed by atoms with Gasteiger partial charge >= 0.3 is 5.97 Å². The van der Waals surface area contributed by atoms with Crippen LogP contribution in [0.2, 0.25) is 5.15 Å². The average Bonchev–Trinajstić information content (AvgIpc) is 2.62. The number of pyridine rings is 1. The van der Waals surface area contributed by atoms with E-state index in [1.165, 1.54) is 6.07 Å². The molecule has 138 valence electrons. The summed E-state index contributed by atoms with van der Waals surface area (Å²) in [6, 6.07) is 9.55. The number of benzene rings is 2. The van der Waals surface area contributed by atoms with Gasteiger partial charge < -0.3 is 10.1 Å². The normalized spacial score (nSPS) is 10.7. The standard InChI is InChI=1S/C18H10BrClF2N2O3/c19-12-6-11(21)7-13(22)17(12)24-16(25)8-27-18(26)10-1-3-14-9(5-10)2-4-15(20)23-14/h1-7H,8H2,(H,24,25). The number of ether oxygens (including phenoxy) is 1. The largest absolute Gasteiger partial charge is 0.452 e. The summed E-state index contributed by atoms with van der Waals surface area (Å²) in [5, 5.41) is 3.22. The van der Waals surface area contributed by atoms with E-state index < -0.39 is 30.1 Å². The fourth-order valence-corrected chi connectivity index (χ4v) is 2.94. The highest BCUT2D eigenvalue weighted by Gasteiger charge is 2.15. The SMILES string of the molecule is O=C(COC(=O)c1ccc2nc(Cl)ccc2c1)Nc1c(F)cc(F)cc1Br.